The van der Waals surface area contributed by atoms with Crippen LogP contribution >= 0.6 is 0 Å². The van der Waals surface area contributed by atoms with Crippen molar-refractivity contribution < 1.29 is 4.79 Å². The average Bonchev–Trinajstić information content (AvgIpc) is 2.08. The fraction of sp³-hybridized carbons (Fsp3) is 0.769. The highest BCUT2D eigenvalue weighted by Gasteiger charge is 2.47. The number of carbonyl (C=O) groups excluding carboxylic acids is 1. The van der Waals surface area contributed by atoms with Gasteiger partial charge in [-0.1, -0.05) is 33.3 Å². The first-order valence-electron chi connectivity index (χ1n) is 5.66. The van der Waals surface area contributed by atoms with Gasteiger partial charge in [-0.2, -0.15) is 0 Å². The summed E-state index contributed by atoms with van der Waals surface area (Å²) in [6.45, 7) is 6.96. The van der Waals surface area contributed by atoms with Crippen LogP contribution in [-0.4, -0.2) is 5.78 Å². The lowest BCUT2D eigenvalue weighted by Crippen LogP contribution is -2.43. The Balaban J connectivity index is 2.36. The van der Waals surface area contributed by atoms with Crippen LogP contribution in [0.1, 0.15) is 46.5 Å². The predicted molar refractivity (Wildman–Crippen MR) is 58.0 cm³/mol. The van der Waals surface area contributed by atoms with Crippen LogP contribution < -0.4 is 0 Å². The predicted octanol–water partition coefficient (Wildman–Crippen LogP) is 3.35. The van der Waals surface area contributed by atoms with E-state index in [1.807, 2.05) is 0 Å². The van der Waals surface area contributed by atoms with Gasteiger partial charge in [0.25, 0.3) is 0 Å². The summed E-state index contributed by atoms with van der Waals surface area (Å²) < 4.78 is 0. The van der Waals surface area contributed by atoms with Crippen molar-refractivity contribution in [2.45, 2.75) is 46.5 Å². The van der Waals surface area contributed by atoms with Crippen molar-refractivity contribution in [3.8, 4) is 0 Å². The highest BCUT2D eigenvalue weighted by Crippen LogP contribution is 2.54. The average molecular weight is 192 g/mol. The van der Waals surface area contributed by atoms with E-state index in [-0.39, 0.29) is 5.41 Å². The molecule has 0 aromatic carbocycles. The van der Waals surface area contributed by atoms with Crippen LogP contribution in [0.15, 0.2) is 12.2 Å². The van der Waals surface area contributed by atoms with E-state index in [1.54, 1.807) is 6.08 Å². The van der Waals surface area contributed by atoms with E-state index in [1.165, 1.54) is 19.3 Å². The molecule has 1 saturated carbocycles. The Hall–Kier alpha value is -0.590. The molecule has 1 heteroatoms. The molecule has 0 spiro atoms. The maximum Gasteiger partial charge on any atom is 0.155 e. The topological polar surface area (TPSA) is 17.1 Å². The molecule has 2 aliphatic rings. The zero-order chi connectivity index (χ0) is 10.4. The smallest absolute Gasteiger partial charge is 0.155 e. The molecule has 2 aliphatic carbocycles. The molecular weight excluding hydrogens is 172 g/mol. The van der Waals surface area contributed by atoms with Crippen LogP contribution in [0.25, 0.3) is 0 Å². The number of allylic oxidation sites excluding steroid dienone is 2. The van der Waals surface area contributed by atoms with E-state index in [0.29, 0.717) is 17.1 Å². The zero-order valence-electron chi connectivity index (χ0n) is 9.47. The molecule has 0 aliphatic heterocycles. The first-order valence-corrected chi connectivity index (χ1v) is 5.66. The normalized spacial score (nSPS) is 40.8. The van der Waals surface area contributed by atoms with Gasteiger partial charge in [-0.15, -0.1) is 0 Å². The molecule has 0 heterocycles. The number of ketones is 1. The first-order chi connectivity index (χ1) is 6.44. The van der Waals surface area contributed by atoms with Crippen LogP contribution in [0.3, 0.4) is 0 Å². The van der Waals surface area contributed by atoms with Crippen molar-refractivity contribution in [1.29, 1.82) is 0 Å². The van der Waals surface area contributed by atoms with Crippen LogP contribution in [0.2, 0.25) is 0 Å². The Morgan fingerprint density at radius 3 is 2.71 bits per heavy atom. The molecule has 0 amide bonds. The van der Waals surface area contributed by atoms with E-state index in [4.69, 9.17) is 0 Å². The van der Waals surface area contributed by atoms with Crippen molar-refractivity contribution in [2.75, 3.05) is 0 Å². The summed E-state index contributed by atoms with van der Waals surface area (Å²) in [4.78, 5) is 11.5. The summed E-state index contributed by atoms with van der Waals surface area (Å²) in [5, 5.41) is 0. The van der Waals surface area contributed by atoms with E-state index in [2.05, 4.69) is 26.8 Å². The second-order valence-electron chi connectivity index (χ2n) is 5.90. The lowest BCUT2D eigenvalue weighted by Gasteiger charge is -2.51. The molecule has 14 heavy (non-hydrogen) atoms. The number of hydrogen-bond acceptors (Lipinski definition) is 1. The minimum absolute atomic E-state index is 0.287. The number of fused-ring (bicyclic) bond motifs is 1. The molecule has 1 fully saturated rings. The molecule has 0 saturated heterocycles. The summed E-state index contributed by atoms with van der Waals surface area (Å²) in [5.74, 6) is 0.878. The van der Waals surface area contributed by atoms with E-state index in [0.717, 1.165) is 6.42 Å². The molecular formula is C13H20O. The fourth-order valence-corrected chi connectivity index (χ4v) is 3.43. The quantitative estimate of drug-likeness (QED) is 0.575. The summed E-state index contributed by atoms with van der Waals surface area (Å²) in [5.41, 5.74) is 0.628. The van der Waals surface area contributed by atoms with Crippen LogP contribution in [0.5, 0.6) is 0 Å². The van der Waals surface area contributed by atoms with Gasteiger partial charge in [-0.3, -0.25) is 4.79 Å². The Bertz CT molecular complexity index is 288. The lowest BCUT2D eigenvalue weighted by atomic mass is 9.53. The Kier molecular flexibility index (Phi) is 2.09. The zero-order valence-corrected chi connectivity index (χ0v) is 9.47. The molecule has 0 unspecified atom stereocenters. The van der Waals surface area contributed by atoms with E-state index >= 15 is 0 Å². The Labute approximate surface area is 86.6 Å². The molecule has 0 aromatic rings. The second-order valence-corrected chi connectivity index (χ2v) is 5.90. The number of hydrogen-bond donors (Lipinski definition) is 0. The van der Waals surface area contributed by atoms with Gasteiger partial charge in [0.05, 0.1) is 0 Å². The van der Waals surface area contributed by atoms with Crippen LogP contribution in [-0.2, 0) is 4.79 Å². The van der Waals surface area contributed by atoms with Crippen LogP contribution in [0.4, 0.5) is 0 Å². The van der Waals surface area contributed by atoms with Crippen molar-refractivity contribution in [3.63, 3.8) is 0 Å². The molecule has 0 aromatic heterocycles. The maximum absolute atomic E-state index is 11.5. The first kappa shape index (κ1) is 9.95. The minimum atomic E-state index is 0.287. The Morgan fingerprint density at radius 2 is 2.00 bits per heavy atom. The SMILES string of the molecule is CC1(C)CCC[C@]2(C)C=CC(=O)C[C@H]12. The highest BCUT2D eigenvalue weighted by atomic mass is 16.1. The molecule has 0 bridgehead atoms. The monoisotopic (exact) mass is 192 g/mol. The molecule has 0 radical (unpaired) electrons. The van der Waals surface area contributed by atoms with Gasteiger partial charge in [0.15, 0.2) is 5.78 Å². The molecule has 78 valence electrons. The lowest BCUT2D eigenvalue weighted by molar-refractivity contribution is -0.120. The van der Waals surface area contributed by atoms with Gasteiger partial charge in [0.1, 0.15) is 0 Å². The van der Waals surface area contributed by atoms with Gasteiger partial charge in [0.2, 0.25) is 0 Å². The second kappa shape index (κ2) is 2.95. The maximum atomic E-state index is 11.5. The van der Waals surface area contributed by atoms with Gasteiger partial charge in [0, 0.05) is 6.42 Å². The minimum Gasteiger partial charge on any atom is -0.295 e. The van der Waals surface area contributed by atoms with Crippen LogP contribution in [0, 0.1) is 16.7 Å². The van der Waals surface area contributed by atoms with Gasteiger partial charge < -0.3 is 0 Å². The number of rotatable bonds is 0. The number of carbonyl (C=O) groups is 1. The standard InChI is InChI=1S/C13H20O/c1-12(2)6-4-7-13(3)8-5-10(14)9-11(12)13/h5,8,11H,4,6-7,9H2,1-3H3/t11-,13-/m1/s1. The highest BCUT2D eigenvalue weighted by molar-refractivity contribution is 5.91. The van der Waals surface area contributed by atoms with E-state index in [9.17, 15) is 4.79 Å². The van der Waals surface area contributed by atoms with E-state index < -0.39 is 0 Å². The third-order valence-electron chi connectivity index (χ3n) is 4.33. The van der Waals surface area contributed by atoms with Crippen molar-refractivity contribution in [2.24, 2.45) is 16.7 Å². The molecule has 0 N–H and O–H groups in total. The van der Waals surface area contributed by atoms with Crippen molar-refractivity contribution >= 4 is 5.78 Å². The summed E-state index contributed by atoms with van der Waals surface area (Å²) in [6, 6.07) is 0. The van der Waals surface area contributed by atoms with Gasteiger partial charge >= 0.3 is 0 Å². The summed E-state index contributed by atoms with van der Waals surface area (Å²) >= 11 is 0. The molecule has 2 rings (SSSR count). The fourth-order valence-electron chi connectivity index (χ4n) is 3.43. The van der Waals surface area contributed by atoms with Crippen molar-refractivity contribution in [1.82, 2.24) is 0 Å². The molecule has 2 atom stereocenters. The summed E-state index contributed by atoms with van der Waals surface area (Å²) in [7, 11) is 0. The van der Waals surface area contributed by atoms with Gasteiger partial charge in [-0.05, 0) is 35.7 Å². The third-order valence-corrected chi connectivity index (χ3v) is 4.33. The molecule has 1 nitrogen and oxygen atoms in total. The Morgan fingerprint density at radius 1 is 1.29 bits per heavy atom. The van der Waals surface area contributed by atoms with Gasteiger partial charge in [-0.25, -0.2) is 0 Å². The largest absolute Gasteiger partial charge is 0.295 e. The third kappa shape index (κ3) is 1.43. The summed E-state index contributed by atoms with van der Waals surface area (Å²) in [6.07, 6.45) is 8.57. The van der Waals surface area contributed by atoms with Crippen molar-refractivity contribution in [3.05, 3.63) is 12.2 Å².